The van der Waals surface area contributed by atoms with Crippen molar-refractivity contribution < 1.29 is 22.2 Å². The van der Waals surface area contributed by atoms with Crippen LogP contribution in [-0.4, -0.2) is 40.8 Å². The Morgan fingerprint density at radius 1 is 1.32 bits per heavy atom. The fraction of sp³-hybridized carbons (Fsp3) is 0.474. The Labute approximate surface area is 180 Å². The average Bonchev–Trinajstić information content (AvgIpc) is 3.30. The molecule has 2 aromatic rings. The van der Waals surface area contributed by atoms with Gasteiger partial charge in [-0.15, -0.1) is 4.36 Å². The second-order valence-corrected chi connectivity index (χ2v) is 12.3. The summed E-state index contributed by atoms with van der Waals surface area (Å²) in [6, 6.07) is 1.15. The molecule has 1 aliphatic heterocycles. The molecule has 166 valence electrons. The molecule has 10 nitrogen and oxygen atoms in total. The van der Waals surface area contributed by atoms with E-state index in [0.717, 1.165) is 36.0 Å². The van der Waals surface area contributed by atoms with Crippen LogP contribution in [-0.2, 0) is 45.6 Å². The number of hydrogen-bond acceptors (Lipinski definition) is 6. The van der Waals surface area contributed by atoms with Crippen LogP contribution < -0.4 is 15.2 Å². The minimum absolute atomic E-state index is 0.0623. The molecule has 0 saturated carbocycles. The number of nitrogens with one attached hydrogen (secondary N) is 1. The van der Waals surface area contributed by atoms with Crippen LogP contribution >= 0.6 is 0 Å². The number of ether oxygens (including phenoxy) is 1. The number of aromatic nitrogens is 2. The van der Waals surface area contributed by atoms with Gasteiger partial charge in [-0.25, -0.2) is 27.2 Å². The molecule has 3 aliphatic rings. The summed E-state index contributed by atoms with van der Waals surface area (Å²) in [4.78, 5) is 12.8. The van der Waals surface area contributed by atoms with Crippen molar-refractivity contribution in [3.63, 3.8) is 0 Å². The quantitative estimate of drug-likeness (QED) is 0.706. The largest absolute Gasteiger partial charge is 0.472 e. The van der Waals surface area contributed by atoms with Crippen molar-refractivity contribution in [2.75, 3.05) is 11.6 Å². The third-order valence-corrected chi connectivity index (χ3v) is 8.82. The van der Waals surface area contributed by atoms with Crippen molar-refractivity contribution in [1.29, 1.82) is 0 Å². The van der Waals surface area contributed by atoms with Crippen LogP contribution in [0, 0.1) is 0 Å². The number of sulfone groups is 1. The van der Waals surface area contributed by atoms with E-state index in [9.17, 15) is 17.4 Å². The first-order valence-electron chi connectivity index (χ1n) is 9.99. The molecule has 3 atom stereocenters. The fourth-order valence-electron chi connectivity index (χ4n) is 4.62. The van der Waals surface area contributed by atoms with Gasteiger partial charge in [0.25, 0.3) is 0 Å². The van der Waals surface area contributed by atoms with Crippen LogP contribution in [0.15, 0.2) is 21.5 Å². The van der Waals surface area contributed by atoms with Gasteiger partial charge in [0.05, 0.1) is 23.7 Å². The first kappa shape index (κ1) is 20.5. The van der Waals surface area contributed by atoms with E-state index in [0.29, 0.717) is 24.2 Å². The van der Waals surface area contributed by atoms with E-state index < -0.39 is 31.0 Å². The molecule has 1 aromatic carbocycles. The molecule has 2 aliphatic carbocycles. The van der Waals surface area contributed by atoms with Crippen molar-refractivity contribution >= 4 is 31.5 Å². The molecular weight excluding hydrogens is 442 g/mol. The SMILES string of the molecule is C[C@@H]1Cn2ncc([S@](N)(=O)=NC(=O)Nc3c4c(cc5c3[C@H](S(C)(=O)=O)C5)CCC4)c2O1. The first-order valence-corrected chi connectivity index (χ1v) is 13.5. The van der Waals surface area contributed by atoms with E-state index in [1.165, 1.54) is 17.1 Å². The number of benzene rings is 1. The minimum atomic E-state index is -3.61. The summed E-state index contributed by atoms with van der Waals surface area (Å²) >= 11 is 0. The summed E-state index contributed by atoms with van der Waals surface area (Å²) in [6.45, 7) is 2.33. The topological polar surface area (TPSA) is 146 Å². The Balaban J connectivity index is 1.52. The van der Waals surface area contributed by atoms with E-state index in [4.69, 9.17) is 9.88 Å². The van der Waals surface area contributed by atoms with Gasteiger partial charge in [0.1, 0.15) is 11.0 Å². The van der Waals surface area contributed by atoms with Crippen LogP contribution in [0.1, 0.15) is 40.8 Å². The number of anilines is 1. The Morgan fingerprint density at radius 3 is 2.84 bits per heavy atom. The summed E-state index contributed by atoms with van der Waals surface area (Å²) in [5.74, 6) is 0.249. The highest BCUT2D eigenvalue weighted by atomic mass is 32.2. The van der Waals surface area contributed by atoms with Gasteiger partial charge < -0.3 is 10.1 Å². The van der Waals surface area contributed by atoms with Crippen LogP contribution in [0.3, 0.4) is 0 Å². The van der Waals surface area contributed by atoms with Crippen molar-refractivity contribution in [3.8, 4) is 5.88 Å². The summed E-state index contributed by atoms with van der Waals surface area (Å²) in [5.41, 5.74) is 4.02. The highest BCUT2D eigenvalue weighted by Gasteiger charge is 2.39. The smallest absolute Gasteiger partial charge is 0.354 e. The number of hydrogen-bond donors (Lipinski definition) is 2. The predicted octanol–water partition coefficient (Wildman–Crippen LogP) is 1.73. The van der Waals surface area contributed by atoms with Gasteiger partial charge in [0, 0.05) is 6.26 Å². The molecule has 5 rings (SSSR count). The highest BCUT2D eigenvalue weighted by molar-refractivity contribution is 7.92. The molecule has 1 aromatic heterocycles. The van der Waals surface area contributed by atoms with Crippen molar-refractivity contribution in [2.24, 2.45) is 9.50 Å². The number of carbonyl (C=O) groups excluding carboxylic acids is 1. The molecule has 0 bridgehead atoms. The zero-order valence-electron chi connectivity index (χ0n) is 17.1. The maximum atomic E-state index is 13.1. The van der Waals surface area contributed by atoms with Gasteiger partial charge in [-0.2, -0.15) is 5.10 Å². The zero-order chi connectivity index (χ0) is 22.1. The van der Waals surface area contributed by atoms with E-state index in [1.807, 2.05) is 13.0 Å². The van der Waals surface area contributed by atoms with E-state index in [2.05, 4.69) is 14.8 Å². The molecular formula is C19H23N5O5S2. The molecule has 0 radical (unpaired) electrons. The minimum Gasteiger partial charge on any atom is -0.472 e. The van der Waals surface area contributed by atoms with Gasteiger partial charge in [-0.1, -0.05) is 6.07 Å². The van der Waals surface area contributed by atoms with Gasteiger partial charge >= 0.3 is 6.03 Å². The second kappa shape index (κ2) is 6.78. The van der Waals surface area contributed by atoms with E-state index >= 15 is 0 Å². The Kier molecular flexibility index (Phi) is 4.47. The van der Waals surface area contributed by atoms with Crippen LogP contribution in [0.5, 0.6) is 5.88 Å². The third kappa shape index (κ3) is 3.33. The Hall–Kier alpha value is -2.44. The lowest BCUT2D eigenvalue weighted by Crippen LogP contribution is -2.28. The normalized spacial score (nSPS) is 23.1. The van der Waals surface area contributed by atoms with Crippen molar-refractivity contribution in [3.05, 3.63) is 34.5 Å². The highest BCUT2D eigenvalue weighted by Crippen LogP contribution is 2.48. The zero-order valence-corrected chi connectivity index (χ0v) is 18.8. The number of nitrogens with two attached hydrogens (primary N) is 1. The molecule has 31 heavy (non-hydrogen) atoms. The number of carbonyl (C=O) groups is 1. The Bertz CT molecular complexity index is 1350. The molecule has 0 fully saturated rings. The standard InChI is InChI=1S/C19H23N5O5S2/c1-10-9-24-18(29-10)15(8-21-24)31(20,28)23-19(25)22-17-13-5-3-4-11(13)6-12-7-14(16(12)17)30(2,26)27/h6,8,10,14H,3-5,7,9H2,1-2H3,(H3,20,22,23,25,28)/t10-,14-,31-/m1/s1. The fourth-order valence-corrected chi connectivity index (χ4v) is 6.79. The summed E-state index contributed by atoms with van der Waals surface area (Å²) in [5, 5.41) is 12.1. The van der Waals surface area contributed by atoms with Crippen LogP contribution in [0.25, 0.3) is 0 Å². The summed E-state index contributed by atoms with van der Waals surface area (Å²) < 4.78 is 48.3. The number of amides is 2. The lowest BCUT2D eigenvalue weighted by atomic mass is 9.83. The van der Waals surface area contributed by atoms with Crippen LogP contribution in [0.4, 0.5) is 10.5 Å². The number of urea groups is 1. The maximum Gasteiger partial charge on any atom is 0.354 e. The molecule has 2 heterocycles. The summed E-state index contributed by atoms with van der Waals surface area (Å²) in [6.07, 6.45) is 5.30. The average molecular weight is 466 g/mol. The van der Waals surface area contributed by atoms with E-state index in [-0.39, 0.29) is 16.9 Å². The number of aryl methyl sites for hydroxylation is 1. The Morgan fingerprint density at radius 2 is 2.10 bits per heavy atom. The lowest BCUT2D eigenvalue weighted by Gasteiger charge is -2.33. The second-order valence-electron chi connectivity index (χ2n) is 8.35. The molecule has 3 N–H and O–H groups in total. The van der Waals surface area contributed by atoms with Gasteiger partial charge in [-0.3, -0.25) is 0 Å². The van der Waals surface area contributed by atoms with Gasteiger partial charge in [0.15, 0.2) is 19.8 Å². The molecule has 0 unspecified atom stereocenters. The van der Waals surface area contributed by atoms with Crippen molar-refractivity contribution in [2.45, 2.75) is 55.4 Å². The molecule has 2 amide bonds. The number of rotatable bonds is 3. The summed E-state index contributed by atoms with van der Waals surface area (Å²) in [7, 11) is -6.94. The molecule has 0 saturated heterocycles. The van der Waals surface area contributed by atoms with E-state index in [1.54, 1.807) is 0 Å². The third-order valence-electron chi connectivity index (χ3n) is 6.04. The molecule has 12 heteroatoms. The number of nitrogens with zero attached hydrogens (tertiary/aromatic N) is 3. The predicted molar refractivity (Wildman–Crippen MR) is 114 cm³/mol. The van der Waals surface area contributed by atoms with Gasteiger partial charge in [-0.05, 0) is 54.9 Å². The maximum absolute atomic E-state index is 13.1. The molecule has 0 spiro atoms. The monoisotopic (exact) mass is 465 g/mol. The number of fused-ring (bicyclic) bond motifs is 3. The first-order chi connectivity index (χ1) is 14.5. The lowest BCUT2D eigenvalue weighted by molar-refractivity contribution is 0.248. The van der Waals surface area contributed by atoms with Crippen molar-refractivity contribution in [1.82, 2.24) is 9.78 Å². The van der Waals surface area contributed by atoms with Crippen LogP contribution in [0.2, 0.25) is 0 Å². The van der Waals surface area contributed by atoms with Gasteiger partial charge in [0.2, 0.25) is 5.88 Å².